The zero-order chi connectivity index (χ0) is 11.6. The molecule has 3 nitrogen and oxygen atoms in total. The lowest BCUT2D eigenvalue weighted by atomic mass is 10.0. The predicted molar refractivity (Wildman–Crippen MR) is 66.7 cm³/mol. The highest BCUT2D eigenvalue weighted by molar-refractivity contribution is 7.80. The van der Waals surface area contributed by atoms with Crippen molar-refractivity contribution in [1.29, 1.82) is 0 Å². The van der Waals surface area contributed by atoms with E-state index in [1.54, 1.807) is 0 Å². The number of thiol groups is 1. The molecule has 1 heterocycles. The second kappa shape index (κ2) is 4.96. The van der Waals surface area contributed by atoms with Crippen LogP contribution in [0.5, 0.6) is 0 Å². The van der Waals surface area contributed by atoms with Gasteiger partial charge in [-0.3, -0.25) is 4.79 Å². The Morgan fingerprint density at radius 3 is 2.88 bits per heavy atom. The summed E-state index contributed by atoms with van der Waals surface area (Å²) in [5.74, 6) is 1.04. The number of rotatable bonds is 4. The van der Waals surface area contributed by atoms with E-state index in [2.05, 4.69) is 24.9 Å². The van der Waals surface area contributed by atoms with E-state index in [4.69, 9.17) is 4.74 Å². The zero-order valence-corrected chi connectivity index (χ0v) is 10.8. The largest absolute Gasteiger partial charge is 0.378 e. The fourth-order valence-corrected chi connectivity index (χ4v) is 2.74. The number of nitrogens with one attached hydrogen (secondary N) is 1. The Hall–Kier alpha value is -0.220. The SMILES string of the molecule is CC1CC(NC(=O)CC2(CS)CC2)CCO1. The molecule has 2 unspecified atom stereocenters. The maximum atomic E-state index is 11.8. The fraction of sp³-hybridized carbons (Fsp3) is 0.917. The van der Waals surface area contributed by atoms with Crippen LogP contribution in [0.4, 0.5) is 0 Å². The van der Waals surface area contributed by atoms with Gasteiger partial charge in [-0.1, -0.05) is 0 Å². The molecule has 0 bridgehead atoms. The van der Waals surface area contributed by atoms with Gasteiger partial charge < -0.3 is 10.1 Å². The third kappa shape index (κ3) is 3.14. The van der Waals surface area contributed by atoms with Gasteiger partial charge in [0.15, 0.2) is 0 Å². The summed E-state index contributed by atoms with van der Waals surface area (Å²) in [5, 5.41) is 3.13. The molecule has 92 valence electrons. The Bertz CT molecular complexity index is 266. The highest BCUT2D eigenvalue weighted by Gasteiger charge is 2.43. The molecule has 16 heavy (non-hydrogen) atoms. The Morgan fingerprint density at radius 2 is 2.31 bits per heavy atom. The molecular formula is C12H21NO2S. The summed E-state index contributed by atoms with van der Waals surface area (Å²) in [6.45, 7) is 2.83. The van der Waals surface area contributed by atoms with Gasteiger partial charge in [0, 0.05) is 19.1 Å². The van der Waals surface area contributed by atoms with E-state index >= 15 is 0 Å². The molecule has 1 saturated heterocycles. The number of carbonyl (C=O) groups is 1. The van der Waals surface area contributed by atoms with E-state index < -0.39 is 0 Å². The number of ether oxygens (including phenoxy) is 1. The van der Waals surface area contributed by atoms with Crippen LogP contribution in [-0.4, -0.2) is 30.4 Å². The van der Waals surface area contributed by atoms with Crippen LogP contribution >= 0.6 is 12.6 Å². The standard InChI is InChI=1S/C12H21NO2S/c1-9-6-10(2-5-15-9)13-11(14)7-12(8-16)3-4-12/h9-10,16H,2-8H2,1H3,(H,13,14). The maximum Gasteiger partial charge on any atom is 0.220 e. The van der Waals surface area contributed by atoms with Crippen molar-refractivity contribution in [2.75, 3.05) is 12.4 Å². The molecule has 1 amide bonds. The average molecular weight is 243 g/mol. The molecule has 2 rings (SSSR count). The summed E-state index contributed by atoms with van der Waals surface area (Å²) < 4.78 is 5.46. The molecular weight excluding hydrogens is 222 g/mol. The van der Waals surface area contributed by atoms with Crippen molar-refractivity contribution in [1.82, 2.24) is 5.32 Å². The van der Waals surface area contributed by atoms with Crippen molar-refractivity contribution in [3.63, 3.8) is 0 Å². The van der Waals surface area contributed by atoms with Crippen LogP contribution in [0.2, 0.25) is 0 Å². The molecule has 4 heteroatoms. The van der Waals surface area contributed by atoms with Crippen LogP contribution in [0.25, 0.3) is 0 Å². The van der Waals surface area contributed by atoms with Crippen LogP contribution in [0.15, 0.2) is 0 Å². The van der Waals surface area contributed by atoms with E-state index in [-0.39, 0.29) is 17.4 Å². The van der Waals surface area contributed by atoms with Crippen LogP contribution in [-0.2, 0) is 9.53 Å². The van der Waals surface area contributed by atoms with Crippen LogP contribution in [0, 0.1) is 5.41 Å². The smallest absolute Gasteiger partial charge is 0.220 e. The lowest BCUT2D eigenvalue weighted by Gasteiger charge is -2.28. The minimum Gasteiger partial charge on any atom is -0.378 e. The third-order valence-corrected chi connectivity index (χ3v) is 4.35. The van der Waals surface area contributed by atoms with E-state index in [0.29, 0.717) is 12.5 Å². The highest BCUT2D eigenvalue weighted by atomic mass is 32.1. The summed E-state index contributed by atoms with van der Waals surface area (Å²) in [4.78, 5) is 11.8. The Labute approximate surface area is 103 Å². The average Bonchev–Trinajstić information content (AvgIpc) is 2.98. The summed E-state index contributed by atoms with van der Waals surface area (Å²) in [5.41, 5.74) is 0.226. The van der Waals surface area contributed by atoms with Crippen molar-refractivity contribution in [2.24, 2.45) is 5.41 Å². The molecule has 2 atom stereocenters. The van der Waals surface area contributed by atoms with Gasteiger partial charge in [0.1, 0.15) is 0 Å². The summed E-state index contributed by atoms with van der Waals surface area (Å²) in [6, 6.07) is 0.312. The van der Waals surface area contributed by atoms with Gasteiger partial charge in [-0.15, -0.1) is 0 Å². The molecule has 1 N–H and O–H groups in total. The van der Waals surface area contributed by atoms with Crippen molar-refractivity contribution < 1.29 is 9.53 Å². The lowest BCUT2D eigenvalue weighted by molar-refractivity contribution is -0.123. The van der Waals surface area contributed by atoms with Crippen molar-refractivity contribution >= 4 is 18.5 Å². The van der Waals surface area contributed by atoms with Gasteiger partial charge in [0.05, 0.1) is 6.10 Å². The first-order valence-electron chi connectivity index (χ1n) is 6.15. The first kappa shape index (κ1) is 12.2. The Balaban J connectivity index is 1.74. The first-order valence-corrected chi connectivity index (χ1v) is 6.79. The maximum absolute atomic E-state index is 11.8. The molecule has 0 aromatic rings. The van der Waals surface area contributed by atoms with E-state index in [0.717, 1.165) is 38.0 Å². The van der Waals surface area contributed by atoms with Gasteiger partial charge in [0.25, 0.3) is 0 Å². The monoisotopic (exact) mass is 243 g/mol. The van der Waals surface area contributed by atoms with Gasteiger partial charge >= 0.3 is 0 Å². The molecule has 1 aliphatic carbocycles. The molecule has 0 aromatic heterocycles. The number of hydrogen-bond donors (Lipinski definition) is 2. The fourth-order valence-electron chi connectivity index (χ4n) is 2.32. The lowest BCUT2D eigenvalue weighted by Crippen LogP contribution is -2.42. The molecule has 2 fully saturated rings. The van der Waals surface area contributed by atoms with Gasteiger partial charge in [-0.05, 0) is 43.8 Å². The van der Waals surface area contributed by atoms with Crippen molar-refractivity contribution in [3.05, 3.63) is 0 Å². The summed E-state index contributed by atoms with van der Waals surface area (Å²) in [6.07, 6.45) is 5.15. The van der Waals surface area contributed by atoms with Gasteiger partial charge in [-0.2, -0.15) is 12.6 Å². The van der Waals surface area contributed by atoms with Gasteiger partial charge in [-0.25, -0.2) is 0 Å². The molecule has 0 spiro atoms. The normalized spacial score (nSPS) is 32.1. The van der Waals surface area contributed by atoms with Crippen LogP contribution in [0.1, 0.15) is 39.0 Å². The minimum absolute atomic E-state index is 0.200. The zero-order valence-electron chi connectivity index (χ0n) is 9.87. The number of amides is 1. The third-order valence-electron chi connectivity index (χ3n) is 3.68. The predicted octanol–water partition coefficient (Wildman–Crippen LogP) is 1.77. The van der Waals surface area contributed by atoms with Crippen LogP contribution < -0.4 is 5.32 Å². The van der Waals surface area contributed by atoms with Crippen LogP contribution in [0.3, 0.4) is 0 Å². The summed E-state index contributed by atoms with van der Waals surface area (Å²) >= 11 is 4.32. The second-order valence-electron chi connectivity index (χ2n) is 5.31. The summed E-state index contributed by atoms with van der Waals surface area (Å²) in [7, 11) is 0. The Kier molecular flexibility index (Phi) is 3.80. The topological polar surface area (TPSA) is 38.3 Å². The van der Waals surface area contributed by atoms with Gasteiger partial charge in [0.2, 0.25) is 5.91 Å². The van der Waals surface area contributed by atoms with E-state index in [1.807, 2.05) is 0 Å². The Morgan fingerprint density at radius 1 is 1.56 bits per heavy atom. The molecule has 0 radical (unpaired) electrons. The molecule has 1 saturated carbocycles. The molecule has 2 aliphatic rings. The van der Waals surface area contributed by atoms with E-state index in [9.17, 15) is 4.79 Å². The number of hydrogen-bond acceptors (Lipinski definition) is 3. The first-order chi connectivity index (χ1) is 7.63. The molecule has 0 aromatic carbocycles. The van der Waals surface area contributed by atoms with Crippen molar-refractivity contribution in [3.8, 4) is 0 Å². The second-order valence-corrected chi connectivity index (χ2v) is 5.62. The quantitative estimate of drug-likeness (QED) is 0.739. The minimum atomic E-state index is 0.200. The van der Waals surface area contributed by atoms with E-state index in [1.165, 1.54) is 0 Å². The highest BCUT2D eigenvalue weighted by Crippen LogP contribution is 2.49. The molecule has 1 aliphatic heterocycles. The number of carbonyl (C=O) groups excluding carboxylic acids is 1. The van der Waals surface area contributed by atoms with Crippen molar-refractivity contribution in [2.45, 2.75) is 51.2 Å².